The van der Waals surface area contributed by atoms with Crippen molar-refractivity contribution in [2.75, 3.05) is 0 Å². The first-order valence-corrected chi connectivity index (χ1v) is 6.82. The van der Waals surface area contributed by atoms with E-state index in [1.807, 2.05) is 30.3 Å². The molecule has 2 aromatic carbocycles. The third-order valence-electron chi connectivity index (χ3n) is 3.70. The van der Waals surface area contributed by atoms with E-state index in [0.29, 0.717) is 0 Å². The number of alkyl halides is 3. The maximum Gasteiger partial charge on any atom is 0.392 e. The Labute approximate surface area is 126 Å². The molecule has 1 amide bonds. The van der Waals surface area contributed by atoms with E-state index in [-0.39, 0.29) is 5.56 Å². The molecule has 2 rings (SSSR count). The van der Waals surface area contributed by atoms with Gasteiger partial charge in [0.1, 0.15) is 0 Å². The lowest BCUT2D eigenvalue weighted by Crippen LogP contribution is -2.34. The Morgan fingerprint density at radius 3 is 1.91 bits per heavy atom. The van der Waals surface area contributed by atoms with E-state index >= 15 is 0 Å². The van der Waals surface area contributed by atoms with E-state index in [9.17, 15) is 18.0 Å². The molecule has 0 aliphatic rings. The Balaban J connectivity index is 2.33. The second-order valence-corrected chi connectivity index (χ2v) is 5.20. The summed E-state index contributed by atoms with van der Waals surface area (Å²) in [6, 6.07) is 15.9. The highest BCUT2D eigenvalue weighted by molar-refractivity contribution is 5.82. The molecule has 0 heterocycles. The molecule has 2 N–H and O–H groups in total. The minimum atomic E-state index is -4.47. The molecular formula is C17H16F3NO. The Morgan fingerprint density at radius 2 is 1.45 bits per heavy atom. The molecule has 0 aliphatic carbocycles. The molecule has 116 valence electrons. The summed E-state index contributed by atoms with van der Waals surface area (Å²) < 4.78 is 38.6. The van der Waals surface area contributed by atoms with Crippen molar-refractivity contribution in [1.82, 2.24) is 0 Å². The molecule has 0 fully saturated rings. The van der Waals surface area contributed by atoms with Crippen LogP contribution in [0.3, 0.4) is 0 Å². The van der Waals surface area contributed by atoms with Crippen LogP contribution in [0.5, 0.6) is 0 Å². The highest BCUT2D eigenvalue weighted by Crippen LogP contribution is 2.37. The molecule has 0 spiro atoms. The van der Waals surface area contributed by atoms with E-state index in [1.165, 1.54) is 12.1 Å². The summed E-state index contributed by atoms with van der Waals surface area (Å²) in [6.07, 6.45) is -4.47. The van der Waals surface area contributed by atoms with Gasteiger partial charge >= 0.3 is 6.18 Å². The van der Waals surface area contributed by atoms with Crippen molar-refractivity contribution in [1.29, 1.82) is 0 Å². The smallest absolute Gasteiger partial charge is 0.369 e. The van der Waals surface area contributed by atoms with E-state index in [0.717, 1.165) is 18.1 Å². The number of halogens is 3. The lowest BCUT2D eigenvalue weighted by Gasteiger charge is -2.24. The SMILES string of the molecule is C[C@H]([C@@H](C(N)=O)c1ccc(-c2ccccc2)cc1)C(F)(F)F. The van der Waals surface area contributed by atoms with Gasteiger partial charge in [-0.3, -0.25) is 4.79 Å². The van der Waals surface area contributed by atoms with E-state index in [2.05, 4.69) is 0 Å². The summed E-state index contributed by atoms with van der Waals surface area (Å²) >= 11 is 0. The third kappa shape index (κ3) is 3.47. The third-order valence-corrected chi connectivity index (χ3v) is 3.70. The van der Waals surface area contributed by atoms with Crippen molar-refractivity contribution >= 4 is 5.91 Å². The topological polar surface area (TPSA) is 43.1 Å². The summed E-state index contributed by atoms with van der Waals surface area (Å²) in [5, 5.41) is 0. The van der Waals surface area contributed by atoms with E-state index in [4.69, 9.17) is 5.73 Å². The highest BCUT2D eigenvalue weighted by atomic mass is 19.4. The molecular weight excluding hydrogens is 291 g/mol. The first kappa shape index (κ1) is 16.1. The van der Waals surface area contributed by atoms with Gasteiger partial charge in [-0.15, -0.1) is 0 Å². The largest absolute Gasteiger partial charge is 0.392 e. The van der Waals surface area contributed by atoms with Crippen molar-refractivity contribution in [2.45, 2.75) is 19.0 Å². The van der Waals surface area contributed by atoms with Crippen molar-refractivity contribution in [2.24, 2.45) is 11.7 Å². The number of carbonyl (C=O) groups is 1. The van der Waals surface area contributed by atoms with Gasteiger partial charge < -0.3 is 5.73 Å². The Bertz CT molecular complexity index is 635. The number of amides is 1. The van der Waals surface area contributed by atoms with Gasteiger partial charge in [0.05, 0.1) is 11.8 Å². The average molecular weight is 307 g/mol. The summed E-state index contributed by atoms with van der Waals surface area (Å²) in [5.74, 6) is -4.19. The molecule has 0 saturated heterocycles. The highest BCUT2D eigenvalue weighted by Gasteiger charge is 2.44. The summed E-state index contributed by atoms with van der Waals surface area (Å²) in [4.78, 5) is 11.5. The van der Waals surface area contributed by atoms with E-state index in [1.54, 1.807) is 12.1 Å². The number of hydrogen-bond acceptors (Lipinski definition) is 1. The summed E-state index contributed by atoms with van der Waals surface area (Å²) in [6.45, 7) is 0.973. The first-order chi connectivity index (χ1) is 10.3. The zero-order valence-electron chi connectivity index (χ0n) is 12.0. The molecule has 0 bridgehead atoms. The van der Waals surface area contributed by atoms with Crippen LogP contribution >= 0.6 is 0 Å². The molecule has 2 atom stereocenters. The van der Waals surface area contributed by atoms with Crippen LogP contribution in [0.1, 0.15) is 18.4 Å². The van der Waals surface area contributed by atoms with Crippen LogP contribution < -0.4 is 5.73 Å². The van der Waals surface area contributed by atoms with Crippen LogP contribution in [0.2, 0.25) is 0 Å². The van der Waals surface area contributed by atoms with Gasteiger partial charge in [0, 0.05) is 0 Å². The standard InChI is InChI=1S/C17H16F3NO/c1-11(17(18,19)20)15(16(21)22)14-9-7-13(8-10-14)12-5-3-2-4-6-12/h2-11,15H,1H3,(H2,21,22)/t11-,15-/m1/s1. The molecule has 22 heavy (non-hydrogen) atoms. The number of rotatable bonds is 4. The zero-order chi connectivity index (χ0) is 16.3. The second-order valence-electron chi connectivity index (χ2n) is 5.20. The molecule has 0 unspecified atom stereocenters. The predicted octanol–water partition coefficient (Wildman–Crippen LogP) is 4.12. The van der Waals surface area contributed by atoms with Gasteiger partial charge in [-0.25, -0.2) is 0 Å². The normalized spacial score (nSPS) is 14.4. The van der Waals surface area contributed by atoms with Crippen LogP contribution in [0.25, 0.3) is 11.1 Å². The number of carbonyl (C=O) groups excluding carboxylic acids is 1. The van der Waals surface area contributed by atoms with Crippen LogP contribution in [-0.2, 0) is 4.79 Å². The molecule has 5 heteroatoms. The maximum atomic E-state index is 12.9. The summed E-state index contributed by atoms with van der Waals surface area (Å²) in [5.41, 5.74) is 7.27. The molecule has 0 aliphatic heterocycles. The van der Waals surface area contributed by atoms with Crippen molar-refractivity contribution in [3.8, 4) is 11.1 Å². The minimum absolute atomic E-state index is 0.275. The van der Waals surface area contributed by atoms with Gasteiger partial charge in [0.15, 0.2) is 0 Å². The molecule has 0 aromatic heterocycles. The van der Waals surface area contributed by atoms with Crippen molar-refractivity contribution < 1.29 is 18.0 Å². The fourth-order valence-electron chi connectivity index (χ4n) is 2.40. The quantitative estimate of drug-likeness (QED) is 0.907. The Morgan fingerprint density at radius 1 is 0.955 bits per heavy atom. The van der Waals surface area contributed by atoms with Gasteiger partial charge in [-0.2, -0.15) is 13.2 Å². The molecule has 0 radical (unpaired) electrons. The van der Waals surface area contributed by atoms with Gasteiger partial charge in [0.2, 0.25) is 5.91 Å². The Kier molecular flexibility index (Phi) is 4.54. The van der Waals surface area contributed by atoms with Crippen molar-refractivity contribution in [3.63, 3.8) is 0 Å². The second kappa shape index (κ2) is 6.22. The fraction of sp³-hybridized carbons (Fsp3) is 0.235. The lowest BCUT2D eigenvalue weighted by atomic mass is 9.85. The van der Waals surface area contributed by atoms with Crippen molar-refractivity contribution in [3.05, 3.63) is 60.2 Å². The predicted molar refractivity (Wildman–Crippen MR) is 79.0 cm³/mol. The molecule has 2 aromatic rings. The molecule has 2 nitrogen and oxygen atoms in total. The average Bonchev–Trinajstić information content (AvgIpc) is 2.48. The number of hydrogen-bond donors (Lipinski definition) is 1. The van der Waals surface area contributed by atoms with Crippen LogP contribution in [0.4, 0.5) is 13.2 Å². The Hall–Kier alpha value is -2.30. The monoisotopic (exact) mass is 307 g/mol. The fourth-order valence-corrected chi connectivity index (χ4v) is 2.40. The van der Waals surface area contributed by atoms with Gasteiger partial charge in [-0.1, -0.05) is 61.5 Å². The number of nitrogens with two attached hydrogens (primary N) is 1. The van der Waals surface area contributed by atoms with Gasteiger partial charge in [-0.05, 0) is 16.7 Å². The first-order valence-electron chi connectivity index (χ1n) is 6.82. The summed E-state index contributed by atoms with van der Waals surface area (Å²) in [7, 11) is 0. The molecule has 0 saturated carbocycles. The van der Waals surface area contributed by atoms with Crippen LogP contribution in [0, 0.1) is 5.92 Å². The van der Waals surface area contributed by atoms with E-state index < -0.39 is 23.9 Å². The van der Waals surface area contributed by atoms with Crippen LogP contribution in [0.15, 0.2) is 54.6 Å². The zero-order valence-corrected chi connectivity index (χ0v) is 12.0. The lowest BCUT2D eigenvalue weighted by molar-refractivity contribution is -0.178. The van der Waals surface area contributed by atoms with Crippen LogP contribution in [-0.4, -0.2) is 12.1 Å². The number of primary amides is 1. The number of benzene rings is 2. The minimum Gasteiger partial charge on any atom is -0.369 e. The van der Waals surface area contributed by atoms with Gasteiger partial charge in [0.25, 0.3) is 0 Å². The maximum absolute atomic E-state index is 12.9.